The van der Waals surface area contributed by atoms with Gasteiger partial charge in [-0.05, 0) is 19.1 Å². The van der Waals surface area contributed by atoms with Crippen LogP contribution in [0.25, 0.3) is 0 Å². The molecule has 0 saturated heterocycles. The van der Waals surface area contributed by atoms with Gasteiger partial charge in [0.05, 0.1) is 0 Å². The standard InChI is InChI=1S/C8H13N3S/c1-3-4-12-8-5-7(9)10-6(2)11-8/h5H,3-4H2,1-2H3,(H2,9,10,11). The van der Waals surface area contributed by atoms with Crippen LogP contribution in [0.2, 0.25) is 0 Å². The molecule has 0 amide bonds. The highest BCUT2D eigenvalue weighted by Gasteiger charge is 1.98. The summed E-state index contributed by atoms with van der Waals surface area (Å²) in [5.41, 5.74) is 5.57. The second-order valence-corrected chi connectivity index (χ2v) is 3.64. The smallest absolute Gasteiger partial charge is 0.128 e. The van der Waals surface area contributed by atoms with Crippen LogP contribution in [-0.4, -0.2) is 15.7 Å². The number of rotatable bonds is 3. The molecule has 0 spiro atoms. The van der Waals surface area contributed by atoms with E-state index in [1.165, 1.54) is 0 Å². The lowest BCUT2D eigenvalue weighted by Crippen LogP contribution is -1.96. The van der Waals surface area contributed by atoms with Gasteiger partial charge >= 0.3 is 0 Å². The van der Waals surface area contributed by atoms with Gasteiger partial charge in [-0.25, -0.2) is 9.97 Å². The van der Waals surface area contributed by atoms with Crippen LogP contribution < -0.4 is 5.73 Å². The average molecular weight is 183 g/mol. The van der Waals surface area contributed by atoms with Crippen molar-refractivity contribution in [2.45, 2.75) is 25.3 Å². The quantitative estimate of drug-likeness (QED) is 0.574. The predicted octanol–water partition coefficient (Wildman–Crippen LogP) is 1.87. The molecule has 0 unspecified atom stereocenters. The van der Waals surface area contributed by atoms with E-state index in [-0.39, 0.29) is 0 Å². The van der Waals surface area contributed by atoms with E-state index >= 15 is 0 Å². The first-order chi connectivity index (χ1) is 5.72. The van der Waals surface area contributed by atoms with Gasteiger partial charge in [0, 0.05) is 6.07 Å². The van der Waals surface area contributed by atoms with Crippen LogP contribution in [0, 0.1) is 6.92 Å². The Kier molecular flexibility index (Phi) is 3.34. The fourth-order valence-corrected chi connectivity index (χ4v) is 1.66. The van der Waals surface area contributed by atoms with E-state index in [4.69, 9.17) is 5.73 Å². The van der Waals surface area contributed by atoms with Gasteiger partial charge < -0.3 is 5.73 Å². The maximum absolute atomic E-state index is 5.57. The zero-order valence-electron chi connectivity index (χ0n) is 7.37. The third-order valence-corrected chi connectivity index (χ3v) is 2.41. The molecule has 0 aromatic carbocycles. The molecule has 12 heavy (non-hydrogen) atoms. The van der Waals surface area contributed by atoms with Gasteiger partial charge in [-0.15, -0.1) is 11.8 Å². The van der Waals surface area contributed by atoms with Crippen LogP contribution in [0.15, 0.2) is 11.1 Å². The molecular formula is C8H13N3S. The van der Waals surface area contributed by atoms with Crippen molar-refractivity contribution >= 4 is 17.6 Å². The van der Waals surface area contributed by atoms with Crippen molar-refractivity contribution in [1.82, 2.24) is 9.97 Å². The molecule has 0 fully saturated rings. The zero-order valence-corrected chi connectivity index (χ0v) is 8.19. The summed E-state index contributed by atoms with van der Waals surface area (Å²) in [6, 6.07) is 1.81. The molecule has 0 aliphatic heterocycles. The molecule has 4 heteroatoms. The average Bonchev–Trinajstić information content (AvgIpc) is 1.99. The van der Waals surface area contributed by atoms with E-state index in [0.717, 1.165) is 23.0 Å². The summed E-state index contributed by atoms with van der Waals surface area (Å²) in [5, 5.41) is 0.974. The van der Waals surface area contributed by atoms with Crippen LogP contribution in [0.1, 0.15) is 19.2 Å². The minimum Gasteiger partial charge on any atom is -0.384 e. The fourth-order valence-electron chi connectivity index (χ4n) is 0.843. The number of nitrogen functional groups attached to an aromatic ring is 1. The van der Waals surface area contributed by atoms with E-state index < -0.39 is 0 Å². The molecule has 1 rings (SSSR count). The van der Waals surface area contributed by atoms with Crippen molar-refractivity contribution in [1.29, 1.82) is 0 Å². The van der Waals surface area contributed by atoms with E-state index in [2.05, 4.69) is 16.9 Å². The number of hydrogen-bond donors (Lipinski definition) is 1. The van der Waals surface area contributed by atoms with Crippen LogP contribution in [0.5, 0.6) is 0 Å². The number of hydrogen-bond acceptors (Lipinski definition) is 4. The highest BCUT2D eigenvalue weighted by Crippen LogP contribution is 2.17. The van der Waals surface area contributed by atoms with Crippen LogP contribution >= 0.6 is 11.8 Å². The molecule has 0 saturated carbocycles. The summed E-state index contributed by atoms with van der Waals surface area (Å²) in [6.07, 6.45) is 1.15. The number of thioether (sulfide) groups is 1. The Morgan fingerprint density at radius 3 is 2.83 bits per heavy atom. The highest BCUT2D eigenvalue weighted by atomic mass is 32.2. The van der Waals surface area contributed by atoms with Gasteiger partial charge in [0.2, 0.25) is 0 Å². The first-order valence-corrected chi connectivity index (χ1v) is 4.95. The number of nitrogens with zero attached hydrogens (tertiary/aromatic N) is 2. The molecule has 2 N–H and O–H groups in total. The Labute approximate surface area is 76.8 Å². The van der Waals surface area contributed by atoms with E-state index in [1.54, 1.807) is 11.8 Å². The molecular weight excluding hydrogens is 170 g/mol. The molecule has 0 aliphatic carbocycles. The molecule has 66 valence electrons. The normalized spacial score (nSPS) is 10.2. The maximum atomic E-state index is 5.57. The van der Waals surface area contributed by atoms with Crippen LogP contribution in [-0.2, 0) is 0 Å². The summed E-state index contributed by atoms with van der Waals surface area (Å²) in [5.74, 6) is 2.38. The minimum atomic E-state index is 0.557. The van der Waals surface area contributed by atoms with Crippen molar-refractivity contribution in [3.05, 3.63) is 11.9 Å². The summed E-state index contributed by atoms with van der Waals surface area (Å²) < 4.78 is 0. The van der Waals surface area contributed by atoms with E-state index in [9.17, 15) is 0 Å². The second kappa shape index (κ2) is 4.30. The topological polar surface area (TPSA) is 51.8 Å². The van der Waals surface area contributed by atoms with Crippen molar-refractivity contribution in [2.75, 3.05) is 11.5 Å². The molecule has 1 heterocycles. The Hall–Kier alpha value is -0.770. The highest BCUT2D eigenvalue weighted by molar-refractivity contribution is 7.99. The fraction of sp³-hybridized carbons (Fsp3) is 0.500. The van der Waals surface area contributed by atoms with Crippen LogP contribution in [0.3, 0.4) is 0 Å². The van der Waals surface area contributed by atoms with Crippen molar-refractivity contribution < 1.29 is 0 Å². The second-order valence-electron chi connectivity index (χ2n) is 2.53. The Morgan fingerprint density at radius 2 is 2.25 bits per heavy atom. The number of nitrogens with two attached hydrogens (primary N) is 1. The SMILES string of the molecule is CCCSc1cc(N)nc(C)n1. The van der Waals surface area contributed by atoms with Gasteiger partial charge in [-0.1, -0.05) is 6.92 Å². The Bertz CT molecular complexity index is 242. The van der Waals surface area contributed by atoms with Gasteiger partial charge in [0.1, 0.15) is 16.7 Å². The molecule has 0 radical (unpaired) electrons. The summed E-state index contributed by atoms with van der Waals surface area (Å²) in [7, 11) is 0. The van der Waals surface area contributed by atoms with Gasteiger partial charge in [-0.3, -0.25) is 0 Å². The number of anilines is 1. The Balaban J connectivity index is 2.72. The molecule has 1 aromatic heterocycles. The zero-order chi connectivity index (χ0) is 8.97. The molecule has 1 aromatic rings. The lowest BCUT2D eigenvalue weighted by atomic mass is 10.5. The summed E-state index contributed by atoms with van der Waals surface area (Å²) in [4.78, 5) is 8.24. The van der Waals surface area contributed by atoms with Crippen molar-refractivity contribution in [2.24, 2.45) is 0 Å². The molecule has 3 nitrogen and oxygen atoms in total. The largest absolute Gasteiger partial charge is 0.384 e. The lowest BCUT2D eigenvalue weighted by Gasteiger charge is -2.00. The van der Waals surface area contributed by atoms with E-state index in [0.29, 0.717) is 5.82 Å². The van der Waals surface area contributed by atoms with Crippen molar-refractivity contribution in [3.63, 3.8) is 0 Å². The predicted molar refractivity (Wildman–Crippen MR) is 52.2 cm³/mol. The molecule has 0 atom stereocenters. The number of aromatic nitrogens is 2. The van der Waals surface area contributed by atoms with Gasteiger partial charge in [0.15, 0.2) is 0 Å². The molecule has 0 aliphatic rings. The maximum Gasteiger partial charge on any atom is 0.128 e. The minimum absolute atomic E-state index is 0.557. The van der Waals surface area contributed by atoms with Crippen molar-refractivity contribution in [3.8, 4) is 0 Å². The first-order valence-electron chi connectivity index (χ1n) is 3.96. The summed E-state index contributed by atoms with van der Waals surface area (Å²) in [6.45, 7) is 4.00. The van der Waals surface area contributed by atoms with E-state index in [1.807, 2.05) is 13.0 Å². The molecule has 0 bridgehead atoms. The van der Waals surface area contributed by atoms with Gasteiger partial charge in [-0.2, -0.15) is 0 Å². The Morgan fingerprint density at radius 1 is 1.50 bits per heavy atom. The number of aryl methyl sites for hydroxylation is 1. The van der Waals surface area contributed by atoms with Crippen LogP contribution in [0.4, 0.5) is 5.82 Å². The summed E-state index contributed by atoms with van der Waals surface area (Å²) >= 11 is 1.72. The third-order valence-electron chi connectivity index (χ3n) is 1.29. The third kappa shape index (κ3) is 2.70. The lowest BCUT2D eigenvalue weighted by molar-refractivity contribution is 0.972. The van der Waals surface area contributed by atoms with Gasteiger partial charge in [0.25, 0.3) is 0 Å². The monoisotopic (exact) mass is 183 g/mol. The first kappa shape index (κ1) is 9.32.